The topological polar surface area (TPSA) is 38.1 Å². The lowest BCUT2D eigenvalue weighted by atomic mass is 10.1. The van der Waals surface area contributed by atoms with Crippen molar-refractivity contribution in [3.63, 3.8) is 0 Å². The van der Waals surface area contributed by atoms with Gasteiger partial charge in [0.2, 0.25) is 0 Å². The Morgan fingerprint density at radius 2 is 1.95 bits per heavy atom. The highest BCUT2D eigenvalue weighted by molar-refractivity contribution is 9.10. The van der Waals surface area contributed by atoms with E-state index in [2.05, 4.69) is 20.9 Å². The van der Waals surface area contributed by atoms with Crippen molar-refractivity contribution in [1.29, 1.82) is 0 Å². The van der Waals surface area contributed by atoms with Gasteiger partial charge in [-0.1, -0.05) is 15.9 Å². The molecule has 0 spiro atoms. The minimum atomic E-state index is -0.865. The summed E-state index contributed by atoms with van der Waals surface area (Å²) in [7, 11) is 0. The average Bonchev–Trinajstić information content (AvgIpc) is 2.84. The molecule has 0 radical (unpaired) electrons. The molecule has 0 bridgehead atoms. The molecule has 0 atom stereocenters. The summed E-state index contributed by atoms with van der Waals surface area (Å²) >= 11 is 2.99. The first-order valence-electron chi connectivity index (χ1n) is 6.00. The first-order chi connectivity index (χ1) is 9.56. The van der Waals surface area contributed by atoms with Gasteiger partial charge in [0.05, 0.1) is 6.54 Å². The Balaban J connectivity index is 1.91. The van der Waals surface area contributed by atoms with E-state index >= 15 is 0 Å². The lowest BCUT2D eigenvalue weighted by Crippen LogP contribution is -2.39. The van der Waals surface area contributed by atoms with Crippen molar-refractivity contribution in [2.45, 2.75) is 13.1 Å². The molecular weight excluding hydrogens is 332 g/mol. The second kappa shape index (κ2) is 4.97. The van der Waals surface area contributed by atoms with Crippen LogP contribution in [-0.4, -0.2) is 26.9 Å². The molecule has 1 aliphatic rings. The SMILES string of the molecule is O=C(c1c(F)cc(Br)cc1F)N1CCn2ccnc2C1. The first kappa shape index (κ1) is 13.2. The highest BCUT2D eigenvalue weighted by Gasteiger charge is 2.27. The number of amides is 1. The van der Waals surface area contributed by atoms with Crippen molar-refractivity contribution < 1.29 is 13.6 Å². The number of imidazole rings is 1. The van der Waals surface area contributed by atoms with Crippen molar-refractivity contribution in [2.75, 3.05) is 6.54 Å². The summed E-state index contributed by atoms with van der Waals surface area (Å²) in [6.07, 6.45) is 3.46. The van der Waals surface area contributed by atoms with Crippen molar-refractivity contribution in [2.24, 2.45) is 0 Å². The largest absolute Gasteiger partial charge is 0.332 e. The fourth-order valence-corrected chi connectivity index (χ4v) is 2.65. The summed E-state index contributed by atoms with van der Waals surface area (Å²) < 4.78 is 29.8. The van der Waals surface area contributed by atoms with Crippen LogP contribution in [0.2, 0.25) is 0 Å². The molecule has 2 aromatic rings. The molecule has 1 amide bonds. The molecule has 0 aliphatic carbocycles. The normalized spacial score (nSPS) is 14.2. The molecule has 0 fully saturated rings. The summed E-state index contributed by atoms with van der Waals surface area (Å²) in [4.78, 5) is 17.8. The summed E-state index contributed by atoms with van der Waals surface area (Å²) in [5, 5.41) is 0. The van der Waals surface area contributed by atoms with Crippen LogP contribution in [0.15, 0.2) is 29.0 Å². The van der Waals surface area contributed by atoms with Crippen molar-refractivity contribution in [3.05, 3.63) is 52.0 Å². The van der Waals surface area contributed by atoms with Gasteiger partial charge in [-0.2, -0.15) is 0 Å². The van der Waals surface area contributed by atoms with E-state index in [4.69, 9.17) is 0 Å². The van der Waals surface area contributed by atoms with E-state index in [0.717, 1.165) is 12.1 Å². The number of fused-ring (bicyclic) bond motifs is 1. The van der Waals surface area contributed by atoms with E-state index in [1.54, 1.807) is 6.20 Å². The molecule has 104 valence electrons. The van der Waals surface area contributed by atoms with Crippen LogP contribution >= 0.6 is 15.9 Å². The number of halogens is 3. The minimum Gasteiger partial charge on any atom is -0.332 e. The maximum Gasteiger partial charge on any atom is 0.260 e. The van der Waals surface area contributed by atoms with E-state index in [0.29, 0.717) is 18.9 Å². The molecule has 20 heavy (non-hydrogen) atoms. The number of hydrogen-bond donors (Lipinski definition) is 0. The third-order valence-corrected chi connectivity index (χ3v) is 3.71. The van der Waals surface area contributed by atoms with Crippen LogP contribution in [0.5, 0.6) is 0 Å². The van der Waals surface area contributed by atoms with Gasteiger partial charge in [-0.3, -0.25) is 4.79 Å². The number of aromatic nitrogens is 2. The predicted molar refractivity (Wildman–Crippen MR) is 71.0 cm³/mol. The van der Waals surface area contributed by atoms with Gasteiger partial charge in [0.1, 0.15) is 23.0 Å². The highest BCUT2D eigenvalue weighted by atomic mass is 79.9. The van der Waals surface area contributed by atoms with Crippen LogP contribution in [0.25, 0.3) is 0 Å². The number of hydrogen-bond acceptors (Lipinski definition) is 2. The van der Waals surface area contributed by atoms with Gasteiger partial charge in [-0.15, -0.1) is 0 Å². The molecule has 1 aromatic carbocycles. The summed E-state index contributed by atoms with van der Waals surface area (Å²) in [6, 6.07) is 2.17. The van der Waals surface area contributed by atoms with Crippen LogP contribution in [-0.2, 0) is 13.1 Å². The second-order valence-electron chi connectivity index (χ2n) is 4.51. The van der Waals surface area contributed by atoms with Crippen LogP contribution in [0.3, 0.4) is 0 Å². The van der Waals surface area contributed by atoms with E-state index in [1.807, 2.05) is 10.8 Å². The molecule has 0 saturated carbocycles. The third kappa shape index (κ3) is 2.22. The monoisotopic (exact) mass is 341 g/mol. The molecule has 2 heterocycles. The van der Waals surface area contributed by atoms with Gasteiger partial charge in [0.25, 0.3) is 5.91 Å². The minimum absolute atomic E-state index is 0.251. The predicted octanol–water partition coefficient (Wildman–Crippen LogP) is 2.58. The average molecular weight is 342 g/mol. The molecular formula is C13H10BrF2N3O. The Morgan fingerprint density at radius 1 is 1.25 bits per heavy atom. The van der Waals surface area contributed by atoms with Crippen LogP contribution < -0.4 is 0 Å². The zero-order valence-electron chi connectivity index (χ0n) is 10.3. The Kier molecular flexibility index (Phi) is 3.29. The van der Waals surface area contributed by atoms with Gasteiger partial charge < -0.3 is 9.47 Å². The van der Waals surface area contributed by atoms with Gasteiger partial charge in [-0.05, 0) is 12.1 Å². The molecule has 0 N–H and O–H groups in total. The Labute approximate surface area is 122 Å². The fourth-order valence-electron chi connectivity index (χ4n) is 2.25. The lowest BCUT2D eigenvalue weighted by Gasteiger charge is -2.28. The van der Waals surface area contributed by atoms with Crippen LogP contribution in [0.4, 0.5) is 8.78 Å². The molecule has 7 heteroatoms. The standard InChI is InChI=1S/C13H10BrF2N3O/c14-8-5-9(15)12(10(16)6-8)13(20)19-4-3-18-2-1-17-11(18)7-19/h1-2,5-6H,3-4,7H2. The molecule has 0 saturated heterocycles. The number of benzene rings is 1. The summed E-state index contributed by atoms with van der Waals surface area (Å²) in [5.74, 6) is -1.67. The molecule has 4 nitrogen and oxygen atoms in total. The Morgan fingerprint density at radius 3 is 2.65 bits per heavy atom. The van der Waals surface area contributed by atoms with E-state index in [1.165, 1.54) is 4.90 Å². The van der Waals surface area contributed by atoms with Crippen molar-refractivity contribution >= 4 is 21.8 Å². The van der Waals surface area contributed by atoms with Gasteiger partial charge in [0, 0.05) is 30.0 Å². The number of carbonyl (C=O) groups excluding carboxylic acids is 1. The summed E-state index contributed by atoms with van der Waals surface area (Å²) in [5.41, 5.74) is -0.520. The number of nitrogens with zero attached hydrogens (tertiary/aromatic N) is 3. The zero-order valence-corrected chi connectivity index (χ0v) is 11.9. The first-order valence-corrected chi connectivity index (χ1v) is 6.79. The molecule has 0 unspecified atom stereocenters. The zero-order chi connectivity index (χ0) is 14.3. The molecule has 1 aliphatic heterocycles. The van der Waals surface area contributed by atoms with E-state index < -0.39 is 23.1 Å². The van der Waals surface area contributed by atoms with Gasteiger partial charge in [-0.25, -0.2) is 13.8 Å². The number of carbonyl (C=O) groups is 1. The van der Waals surface area contributed by atoms with E-state index in [-0.39, 0.29) is 11.0 Å². The van der Waals surface area contributed by atoms with Gasteiger partial charge >= 0.3 is 0 Å². The van der Waals surface area contributed by atoms with Crippen molar-refractivity contribution in [3.8, 4) is 0 Å². The van der Waals surface area contributed by atoms with Crippen LogP contribution in [0.1, 0.15) is 16.2 Å². The summed E-state index contributed by atoms with van der Waals surface area (Å²) in [6.45, 7) is 1.22. The van der Waals surface area contributed by atoms with E-state index in [9.17, 15) is 13.6 Å². The highest BCUT2D eigenvalue weighted by Crippen LogP contribution is 2.22. The maximum absolute atomic E-state index is 13.8. The quantitative estimate of drug-likeness (QED) is 0.799. The smallest absolute Gasteiger partial charge is 0.260 e. The Hall–Kier alpha value is -1.76. The van der Waals surface area contributed by atoms with Crippen molar-refractivity contribution in [1.82, 2.24) is 14.5 Å². The Bertz CT molecular complexity index is 663. The van der Waals surface area contributed by atoms with Crippen LogP contribution in [0, 0.1) is 11.6 Å². The van der Waals surface area contributed by atoms with Gasteiger partial charge in [0.15, 0.2) is 0 Å². The third-order valence-electron chi connectivity index (χ3n) is 3.25. The fraction of sp³-hybridized carbons (Fsp3) is 0.231. The maximum atomic E-state index is 13.8. The molecule has 1 aromatic heterocycles. The number of rotatable bonds is 1. The second-order valence-corrected chi connectivity index (χ2v) is 5.42. The molecule has 3 rings (SSSR count). The lowest BCUT2D eigenvalue weighted by molar-refractivity contribution is 0.0697.